The molecule has 0 saturated heterocycles. The fourth-order valence-corrected chi connectivity index (χ4v) is 2.48. The Morgan fingerprint density at radius 2 is 2.12 bits per heavy atom. The minimum Gasteiger partial charge on any atom is -0.483 e. The zero-order valence-corrected chi connectivity index (χ0v) is 14.1. The molecule has 1 amide bonds. The van der Waals surface area contributed by atoms with Crippen LogP contribution in [-0.2, 0) is 4.79 Å². The number of H-pyrrole nitrogens is 2. The Morgan fingerprint density at radius 3 is 2.76 bits per heavy atom. The van der Waals surface area contributed by atoms with Crippen molar-refractivity contribution in [3.05, 3.63) is 42.4 Å². The van der Waals surface area contributed by atoms with Gasteiger partial charge in [-0.15, -0.1) is 0 Å². The van der Waals surface area contributed by atoms with Gasteiger partial charge in [-0.05, 0) is 31.8 Å². The van der Waals surface area contributed by atoms with E-state index in [0.717, 1.165) is 28.6 Å². The number of aromatic nitrogens is 3. The monoisotopic (exact) mass is 343 g/mol. The molecule has 0 fully saturated rings. The topological polar surface area (TPSA) is 114 Å². The van der Waals surface area contributed by atoms with E-state index in [-0.39, 0.29) is 12.4 Å². The van der Waals surface area contributed by atoms with Crippen LogP contribution in [0.25, 0.3) is 22.0 Å². The zero-order valence-electron chi connectivity index (χ0n) is 14.1. The molecule has 8 heteroatoms. The number of rotatable bonds is 5. The molecule has 2 heterocycles. The largest absolute Gasteiger partial charge is 0.483 e. The maximum absolute atomic E-state index is 12.4. The van der Waals surface area contributed by atoms with Gasteiger partial charge in [-0.25, -0.2) is 0 Å². The van der Waals surface area contributed by atoms with Gasteiger partial charge in [0.2, 0.25) is 0 Å². The molecule has 132 valence electrons. The first kappa shape index (κ1) is 18.2. The first-order valence-corrected chi connectivity index (χ1v) is 7.68. The summed E-state index contributed by atoms with van der Waals surface area (Å²) in [6, 6.07) is 5.79. The molecule has 0 atom stereocenters. The highest BCUT2D eigenvalue weighted by atomic mass is 16.3. The summed E-state index contributed by atoms with van der Waals surface area (Å²) in [7, 11) is 3.96. The molecular formula is C17H21N5O3. The number of fused-ring (bicyclic) bond motifs is 1. The number of hydrogen-bond acceptors (Lipinski definition) is 4. The van der Waals surface area contributed by atoms with E-state index in [1.54, 1.807) is 6.20 Å². The van der Waals surface area contributed by atoms with E-state index in [4.69, 9.17) is 9.90 Å². The van der Waals surface area contributed by atoms with Crippen LogP contribution >= 0.6 is 0 Å². The molecule has 25 heavy (non-hydrogen) atoms. The second-order valence-electron chi connectivity index (χ2n) is 5.58. The quantitative estimate of drug-likeness (QED) is 0.525. The van der Waals surface area contributed by atoms with Crippen molar-refractivity contribution in [2.45, 2.75) is 0 Å². The van der Waals surface area contributed by atoms with Crippen molar-refractivity contribution in [3.8, 4) is 11.1 Å². The first-order valence-electron chi connectivity index (χ1n) is 7.68. The van der Waals surface area contributed by atoms with Crippen molar-refractivity contribution in [1.29, 1.82) is 0 Å². The van der Waals surface area contributed by atoms with Crippen LogP contribution in [0.1, 0.15) is 10.4 Å². The van der Waals surface area contributed by atoms with Crippen LogP contribution in [0.4, 0.5) is 0 Å². The third kappa shape index (κ3) is 4.45. The molecule has 1 aromatic carbocycles. The Morgan fingerprint density at radius 1 is 1.36 bits per heavy atom. The standard InChI is InChI=1S/C16H19N5O.CH2O2/c1-21(2)8-7-18-16(22)14-4-3-12(11-9-19-20-10-11)13-5-6-17-15(13)14;2-1-3/h3-6,9-10,17H,7-8H2,1-2H3,(H,18,22)(H,19,20);1H,(H,2,3). The number of amides is 1. The zero-order chi connectivity index (χ0) is 18.2. The van der Waals surface area contributed by atoms with E-state index >= 15 is 0 Å². The highest BCUT2D eigenvalue weighted by molar-refractivity contribution is 6.09. The Kier molecular flexibility index (Phi) is 6.30. The van der Waals surface area contributed by atoms with E-state index in [0.29, 0.717) is 12.1 Å². The number of nitrogens with one attached hydrogen (secondary N) is 3. The number of benzene rings is 1. The second kappa shape index (κ2) is 8.65. The molecule has 2 aromatic heterocycles. The molecule has 0 unspecified atom stereocenters. The minimum absolute atomic E-state index is 0.0620. The number of likely N-dealkylation sites (N-methyl/N-ethyl adjacent to an activating group) is 1. The van der Waals surface area contributed by atoms with E-state index in [1.165, 1.54) is 0 Å². The fraction of sp³-hybridized carbons (Fsp3) is 0.235. The molecule has 4 N–H and O–H groups in total. The van der Waals surface area contributed by atoms with Gasteiger partial charge < -0.3 is 20.3 Å². The van der Waals surface area contributed by atoms with E-state index in [2.05, 4.69) is 20.5 Å². The SMILES string of the molecule is CN(C)CCNC(=O)c1ccc(-c2cn[nH]c2)c2cc[nH]c12.O=CO. The van der Waals surface area contributed by atoms with Gasteiger partial charge in [-0.3, -0.25) is 14.7 Å². The highest BCUT2D eigenvalue weighted by Crippen LogP contribution is 2.29. The molecular weight excluding hydrogens is 322 g/mol. The average molecular weight is 343 g/mol. The summed E-state index contributed by atoms with van der Waals surface area (Å²) in [4.78, 5) is 25.9. The molecule has 0 aliphatic carbocycles. The van der Waals surface area contributed by atoms with Crippen LogP contribution in [0.5, 0.6) is 0 Å². The smallest absolute Gasteiger partial charge is 0.290 e. The number of aromatic amines is 2. The summed E-state index contributed by atoms with van der Waals surface area (Å²) in [5.74, 6) is -0.0620. The Balaban J connectivity index is 0.000000701. The van der Waals surface area contributed by atoms with Crippen molar-refractivity contribution in [2.75, 3.05) is 27.2 Å². The van der Waals surface area contributed by atoms with Gasteiger partial charge in [0.25, 0.3) is 12.4 Å². The van der Waals surface area contributed by atoms with E-state index < -0.39 is 0 Å². The number of hydrogen-bond donors (Lipinski definition) is 4. The molecule has 0 radical (unpaired) electrons. The van der Waals surface area contributed by atoms with Crippen LogP contribution in [0.2, 0.25) is 0 Å². The van der Waals surface area contributed by atoms with Gasteiger partial charge in [0.05, 0.1) is 17.3 Å². The Bertz CT molecular complexity index is 824. The molecule has 3 aromatic rings. The lowest BCUT2D eigenvalue weighted by molar-refractivity contribution is -0.122. The summed E-state index contributed by atoms with van der Waals surface area (Å²) in [5, 5.41) is 17.7. The van der Waals surface area contributed by atoms with Gasteiger partial charge in [0, 0.05) is 36.4 Å². The van der Waals surface area contributed by atoms with Crippen molar-refractivity contribution < 1.29 is 14.7 Å². The van der Waals surface area contributed by atoms with Gasteiger partial charge in [0.15, 0.2) is 0 Å². The first-order chi connectivity index (χ1) is 12.1. The highest BCUT2D eigenvalue weighted by Gasteiger charge is 2.14. The lowest BCUT2D eigenvalue weighted by Crippen LogP contribution is -2.31. The van der Waals surface area contributed by atoms with Crippen LogP contribution in [-0.4, -0.2) is 64.8 Å². The molecule has 8 nitrogen and oxygen atoms in total. The fourth-order valence-electron chi connectivity index (χ4n) is 2.48. The van der Waals surface area contributed by atoms with Crippen LogP contribution < -0.4 is 5.32 Å². The normalized spacial score (nSPS) is 10.4. The number of carboxylic acid groups (broad SMARTS) is 1. The van der Waals surface area contributed by atoms with Crippen molar-refractivity contribution >= 4 is 23.3 Å². The molecule has 0 aliphatic heterocycles. The number of carbonyl (C=O) groups excluding carboxylic acids is 1. The summed E-state index contributed by atoms with van der Waals surface area (Å²) in [6.45, 7) is 1.18. The van der Waals surface area contributed by atoms with Crippen molar-refractivity contribution in [2.24, 2.45) is 0 Å². The Labute approximate surface area is 144 Å². The number of carbonyl (C=O) groups is 2. The molecule has 0 bridgehead atoms. The molecule has 3 rings (SSSR count). The minimum atomic E-state index is -0.250. The third-order valence-electron chi connectivity index (χ3n) is 3.62. The summed E-state index contributed by atoms with van der Waals surface area (Å²) in [5.41, 5.74) is 3.56. The van der Waals surface area contributed by atoms with Crippen molar-refractivity contribution in [1.82, 2.24) is 25.4 Å². The van der Waals surface area contributed by atoms with E-state index in [1.807, 2.05) is 49.6 Å². The van der Waals surface area contributed by atoms with Gasteiger partial charge in [-0.2, -0.15) is 5.10 Å². The number of nitrogens with zero attached hydrogens (tertiary/aromatic N) is 2. The average Bonchev–Trinajstić information content (AvgIpc) is 3.26. The van der Waals surface area contributed by atoms with Gasteiger partial charge in [-0.1, -0.05) is 6.07 Å². The predicted octanol–water partition coefficient (Wildman–Crippen LogP) is 1.55. The third-order valence-corrected chi connectivity index (χ3v) is 3.62. The second-order valence-corrected chi connectivity index (χ2v) is 5.58. The van der Waals surface area contributed by atoms with E-state index in [9.17, 15) is 4.79 Å². The van der Waals surface area contributed by atoms with Crippen LogP contribution in [0.15, 0.2) is 36.8 Å². The lowest BCUT2D eigenvalue weighted by atomic mass is 10.0. The molecule has 0 aliphatic rings. The predicted molar refractivity (Wildman–Crippen MR) is 95.5 cm³/mol. The molecule has 0 spiro atoms. The molecule has 0 saturated carbocycles. The summed E-state index contributed by atoms with van der Waals surface area (Å²) in [6.07, 6.45) is 5.47. The lowest BCUT2D eigenvalue weighted by Gasteiger charge is -2.11. The van der Waals surface area contributed by atoms with Crippen molar-refractivity contribution in [3.63, 3.8) is 0 Å². The van der Waals surface area contributed by atoms with Crippen LogP contribution in [0, 0.1) is 0 Å². The van der Waals surface area contributed by atoms with Gasteiger partial charge in [0.1, 0.15) is 0 Å². The van der Waals surface area contributed by atoms with Gasteiger partial charge >= 0.3 is 0 Å². The maximum atomic E-state index is 12.4. The van der Waals surface area contributed by atoms with Crippen LogP contribution in [0.3, 0.4) is 0 Å². The summed E-state index contributed by atoms with van der Waals surface area (Å²) >= 11 is 0. The Hall–Kier alpha value is -3.13. The maximum Gasteiger partial charge on any atom is 0.290 e. The summed E-state index contributed by atoms with van der Waals surface area (Å²) < 4.78 is 0.